The Bertz CT molecular complexity index is 735. The largest absolute Gasteiger partial charge is 0.480 e. The number of ether oxygens (including phenoxy) is 1. The minimum atomic E-state index is -1.02. The van der Waals surface area contributed by atoms with Gasteiger partial charge >= 0.3 is 12.1 Å². The van der Waals surface area contributed by atoms with E-state index in [2.05, 4.69) is 15.3 Å². The smallest absolute Gasteiger partial charge is 0.414 e. The summed E-state index contributed by atoms with van der Waals surface area (Å²) in [5, 5.41) is 11.9. The number of carbonyl (C=O) groups excluding carboxylic acids is 1. The molecular formula is C13H15ClN4O4. The van der Waals surface area contributed by atoms with Crippen molar-refractivity contribution in [1.29, 1.82) is 0 Å². The molecule has 0 bridgehead atoms. The molecule has 0 atom stereocenters. The second-order valence-corrected chi connectivity index (χ2v) is 5.90. The SMILES string of the molecule is CC(C)(C)OC(=O)Nc1nc(Cl)c2ccn(CC(=O)O)c2n1. The first-order chi connectivity index (χ1) is 10.2. The topological polar surface area (TPSA) is 106 Å². The summed E-state index contributed by atoms with van der Waals surface area (Å²) in [5.41, 5.74) is -0.352. The third-order valence-corrected chi connectivity index (χ3v) is 2.78. The lowest BCUT2D eigenvalue weighted by atomic mass is 10.2. The summed E-state index contributed by atoms with van der Waals surface area (Å²) in [6.07, 6.45) is 0.815. The fourth-order valence-corrected chi connectivity index (χ4v) is 1.98. The standard InChI is InChI=1S/C13H15ClN4O4/c1-13(2,3)22-12(21)17-11-15-9(14)7-4-5-18(6-8(19)20)10(7)16-11/h4-5H,6H2,1-3H3,(H,19,20)(H,15,16,17,21). The highest BCUT2D eigenvalue weighted by Gasteiger charge is 2.18. The summed E-state index contributed by atoms with van der Waals surface area (Å²) in [6.45, 7) is 4.90. The monoisotopic (exact) mass is 326 g/mol. The van der Waals surface area contributed by atoms with Gasteiger partial charge in [0.25, 0.3) is 0 Å². The number of amides is 1. The Labute approximate surface area is 131 Å². The van der Waals surface area contributed by atoms with Crippen molar-refractivity contribution in [1.82, 2.24) is 14.5 Å². The van der Waals surface area contributed by atoms with Gasteiger partial charge in [-0.1, -0.05) is 11.6 Å². The number of fused-ring (bicyclic) bond motifs is 1. The molecule has 0 aliphatic carbocycles. The highest BCUT2D eigenvalue weighted by Crippen LogP contribution is 2.23. The molecule has 0 unspecified atom stereocenters. The summed E-state index contributed by atoms with van der Waals surface area (Å²) in [5.74, 6) is -1.08. The van der Waals surface area contributed by atoms with Crippen LogP contribution < -0.4 is 5.32 Å². The van der Waals surface area contributed by atoms with Gasteiger partial charge in [0.15, 0.2) is 0 Å². The van der Waals surface area contributed by atoms with Gasteiger partial charge in [0.05, 0.1) is 5.39 Å². The van der Waals surface area contributed by atoms with Crippen molar-refractivity contribution in [3.63, 3.8) is 0 Å². The first-order valence-electron chi connectivity index (χ1n) is 6.40. The predicted molar refractivity (Wildman–Crippen MR) is 80.0 cm³/mol. The van der Waals surface area contributed by atoms with Gasteiger partial charge in [-0.2, -0.15) is 9.97 Å². The third kappa shape index (κ3) is 3.85. The number of nitrogens with one attached hydrogen (secondary N) is 1. The number of nitrogens with zero attached hydrogens (tertiary/aromatic N) is 3. The third-order valence-electron chi connectivity index (χ3n) is 2.49. The molecule has 0 aliphatic rings. The molecule has 0 fully saturated rings. The Morgan fingerprint density at radius 2 is 2.09 bits per heavy atom. The molecule has 8 nitrogen and oxygen atoms in total. The van der Waals surface area contributed by atoms with Crippen LogP contribution in [0, 0.1) is 0 Å². The number of hydrogen-bond acceptors (Lipinski definition) is 5. The van der Waals surface area contributed by atoms with Gasteiger partial charge < -0.3 is 14.4 Å². The van der Waals surface area contributed by atoms with Crippen molar-refractivity contribution in [3.8, 4) is 0 Å². The molecule has 2 rings (SSSR count). The van der Waals surface area contributed by atoms with Crippen LogP contribution in [0.2, 0.25) is 5.15 Å². The van der Waals surface area contributed by atoms with Crippen molar-refractivity contribution in [2.45, 2.75) is 32.9 Å². The minimum absolute atomic E-state index is 0.0583. The maximum absolute atomic E-state index is 11.7. The average Bonchev–Trinajstić information content (AvgIpc) is 2.69. The van der Waals surface area contributed by atoms with Gasteiger partial charge in [0.2, 0.25) is 5.95 Å². The second-order valence-electron chi connectivity index (χ2n) is 5.54. The quantitative estimate of drug-likeness (QED) is 0.839. The molecule has 2 heterocycles. The van der Waals surface area contributed by atoms with Gasteiger partial charge in [-0.05, 0) is 26.8 Å². The minimum Gasteiger partial charge on any atom is -0.480 e. The van der Waals surface area contributed by atoms with Crippen LogP contribution in [0.5, 0.6) is 0 Å². The van der Waals surface area contributed by atoms with Crippen LogP contribution >= 0.6 is 11.6 Å². The van der Waals surface area contributed by atoms with E-state index in [1.165, 1.54) is 10.8 Å². The number of rotatable bonds is 3. The molecule has 118 valence electrons. The molecule has 0 aromatic carbocycles. The van der Waals surface area contributed by atoms with Gasteiger partial charge in [-0.3, -0.25) is 10.1 Å². The highest BCUT2D eigenvalue weighted by molar-refractivity contribution is 6.34. The Morgan fingerprint density at radius 3 is 2.68 bits per heavy atom. The van der Waals surface area contributed by atoms with Crippen LogP contribution in [-0.2, 0) is 16.1 Å². The molecule has 0 spiro atoms. The van der Waals surface area contributed by atoms with Crippen molar-refractivity contribution in [2.24, 2.45) is 0 Å². The number of anilines is 1. The Balaban J connectivity index is 2.31. The van der Waals surface area contributed by atoms with Crippen molar-refractivity contribution < 1.29 is 19.4 Å². The molecule has 9 heteroatoms. The first-order valence-corrected chi connectivity index (χ1v) is 6.78. The van der Waals surface area contributed by atoms with Crippen LogP contribution in [0.4, 0.5) is 10.7 Å². The van der Waals surface area contributed by atoms with Crippen LogP contribution in [0.1, 0.15) is 20.8 Å². The van der Waals surface area contributed by atoms with Crippen molar-refractivity contribution in [3.05, 3.63) is 17.4 Å². The molecular weight excluding hydrogens is 312 g/mol. The van der Waals surface area contributed by atoms with E-state index < -0.39 is 17.7 Å². The summed E-state index contributed by atoms with van der Waals surface area (Å²) >= 11 is 6.02. The second kappa shape index (κ2) is 5.80. The van der Waals surface area contributed by atoms with E-state index >= 15 is 0 Å². The highest BCUT2D eigenvalue weighted by atomic mass is 35.5. The van der Waals surface area contributed by atoms with E-state index in [0.717, 1.165) is 0 Å². The predicted octanol–water partition coefficient (Wildman–Crippen LogP) is 2.52. The number of aromatic nitrogens is 3. The maximum atomic E-state index is 11.7. The fraction of sp³-hybridized carbons (Fsp3) is 0.385. The summed E-state index contributed by atoms with van der Waals surface area (Å²) in [7, 11) is 0. The Kier molecular flexibility index (Phi) is 4.23. The number of carbonyl (C=O) groups is 2. The summed E-state index contributed by atoms with van der Waals surface area (Å²) in [4.78, 5) is 30.6. The van der Waals surface area contributed by atoms with Crippen molar-refractivity contribution >= 4 is 40.6 Å². The van der Waals surface area contributed by atoms with Gasteiger partial charge in [-0.25, -0.2) is 4.79 Å². The summed E-state index contributed by atoms with van der Waals surface area (Å²) < 4.78 is 6.49. The number of hydrogen-bond donors (Lipinski definition) is 2. The molecule has 0 saturated carbocycles. The molecule has 2 aromatic heterocycles. The van der Waals surface area contributed by atoms with Gasteiger partial charge in [0.1, 0.15) is 22.9 Å². The molecule has 0 saturated heterocycles. The molecule has 0 radical (unpaired) electrons. The molecule has 2 N–H and O–H groups in total. The lowest BCUT2D eigenvalue weighted by Crippen LogP contribution is -2.27. The Morgan fingerprint density at radius 1 is 1.41 bits per heavy atom. The maximum Gasteiger partial charge on any atom is 0.414 e. The zero-order valence-corrected chi connectivity index (χ0v) is 13.0. The van der Waals surface area contributed by atoms with Crippen LogP contribution in [0.3, 0.4) is 0 Å². The van der Waals surface area contributed by atoms with Gasteiger partial charge in [0, 0.05) is 6.20 Å². The van der Waals surface area contributed by atoms with E-state index in [9.17, 15) is 9.59 Å². The van der Waals surface area contributed by atoms with Gasteiger partial charge in [-0.15, -0.1) is 0 Å². The first kappa shape index (κ1) is 16.0. The van der Waals surface area contributed by atoms with Crippen LogP contribution in [0.25, 0.3) is 11.0 Å². The summed E-state index contributed by atoms with van der Waals surface area (Å²) in [6, 6.07) is 1.61. The Hall–Kier alpha value is -2.35. The van der Waals surface area contributed by atoms with E-state index in [1.807, 2.05) is 0 Å². The van der Waals surface area contributed by atoms with Crippen LogP contribution in [-0.4, -0.2) is 37.3 Å². The van der Waals surface area contributed by atoms with E-state index in [1.54, 1.807) is 26.8 Å². The zero-order chi connectivity index (χ0) is 16.5. The van der Waals surface area contributed by atoms with E-state index in [-0.39, 0.29) is 17.6 Å². The van der Waals surface area contributed by atoms with E-state index in [0.29, 0.717) is 11.0 Å². The number of halogens is 1. The molecule has 1 amide bonds. The number of carboxylic acids is 1. The van der Waals surface area contributed by atoms with E-state index in [4.69, 9.17) is 21.4 Å². The normalized spacial score (nSPS) is 11.5. The van der Waals surface area contributed by atoms with Crippen molar-refractivity contribution in [2.75, 3.05) is 5.32 Å². The fourth-order valence-electron chi connectivity index (χ4n) is 1.75. The zero-order valence-electron chi connectivity index (χ0n) is 12.3. The molecule has 2 aromatic rings. The molecule has 0 aliphatic heterocycles. The number of carboxylic acid groups (broad SMARTS) is 1. The number of aliphatic carboxylic acids is 1. The lowest BCUT2D eigenvalue weighted by Gasteiger charge is -2.19. The van der Waals surface area contributed by atoms with Crippen LogP contribution in [0.15, 0.2) is 12.3 Å². The molecule has 22 heavy (non-hydrogen) atoms. The average molecular weight is 327 g/mol. The lowest BCUT2D eigenvalue weighted by molar-refractivity contribution is -0.137.